The minimum atomic E-state index is -0.536. The fraction of sp³-hybridized carbons (Fsp3) is 0.500. The van der Waals surface area contributed by atoms with Gasteiger partial charge in [-0.1, -0.05) is 15.9 Å². The third kappa shape index (κ3) is 5.21. The van der Waals surface area contributed by atoms with E-state index in [2.05, 4.69) is 21.2 Å². The normalized spacial score (nSPS) is 16.9. The van der Waals surface area contributed by atoms with Gasteiger partial charge in [0.2, 0.25) is 5.91 Å². The zero-order valence-corrected chi connectivity index (χ0v) is 13.9. The van der Waals surface area contributed by atoms with Crippen molar-refractivity contribution in [3.63, 3.8) is 0 Å². The number of nitrogens with two attached hydrogens (primary N) is 1. The van der Waals surface area contributed by atoms with Crippen LogP contribution in [0.3, 0.4) is 0 Å². The first-order valence-electron chi connectivity index (χ1n) is 6.63. The molecule has 0 aliphatic carbocycles. The summed E-state index contributed by atoms with van der Waals surface area (Å²) in [6.07, 6.45) is 1.61. The van der Waals surface area contributed by atoms with Crippen LogP contribution in [0.25, 0.3) is 0 Å². The number of hydrogen-bond donors (Lipinski definition) is 2. The number of rotatable bonds is 4. The van der Waals surface area contributed by atoms with Crippen LogP contribution in [-0.4, -0.2) is 25.2 Å². The van der Waals surface area contributed by atoms with E-state index in [1.165, 1.54) is 12.1 Å². The first-order chi connectivity index (χ1) is 9.58. The van der Waals surface area contributed by atoms with E-state index >= 15 is 0 Å². The summed E-state index contributed by atoms with van der Waals surface area (Å²) in [5.74, 6) is -0.376. The van der Waals surface area contributed by atoms with E-state index in [0.29, 0.717) is 18.8 Å². The molecule has 1 aliphatic heterocycles. The van der Waals surface area contributed by atoms with Gasteiger partial charge in [0.1, 0.15) is 5.82 Å². The van der Waals surface area contributed by atoms with Crippen molar-refractivity contribution in [1.82, 2.24) is 5.32 Å². The van der Waals surface area contributed by atoms with Crippen LogP contribution in [0.5, 0.6) is 0 Å². The molecular weight excluding hydrogens is 363 g/mol. The predicted octanol–water partition coefficient (Wildman–Crippen LogP) is 2.38. The Kier molecular flexibility index (Phi) is 7.59. The van der Waals surface area contributed by atoms with E-state index in [-0.39, 0.29) is 36.6 Å². The molecule has 4 nitrogen and oxygen atoms in total. The number of benzene rings is 1. The van der Waals surface area contributed by atoms with Crippen LogP contribution in [0.4, 0.5) is 4.39 Å². The molecular formula is C14H19BrClFN2O2. The van der Waals surface area contributed by atoms with E-state index in [1.54, 1.807) is 6.07 Å². The van der Waals surface area contributed by atoms with E-state index < -0.39 is 6.04 Å². The van der Waals surface area contributed by atoms with E-state index in [9.17, 15) is 9.18 Å². The Morgan fingerprint density at radius 1 is 1.48 bits per heavy atom. The van der Waals surface area contributed by atoms with Crippen molar-refractivity contribution in [2.45, 2.75) is 25.4 Å². The highest BCUT2D eigenvalue weighted by Crippen LogP contribution is 2.19. The first kappa shape index (κ1) is 18.4. The largest absolute Gasteiger partial charge is 0.381 e. The Morgan fingerprint density at radius 2 is 2.14 bits per heavy atom. The van der Waals surface area contributed by atoms with Gasteiger partial charge in [-0.2, -0.15) is 0 Å². The lowest BCUT2D eigenvalue weighted by Gasteiger charge is -2.26. The van der Waals surface area contributed by atoms with Gasteiger partial charge < -0.3 is 15.8 Å². The molecule has 2 rings (SSSR count). The number of carbonyl (C=O) groups excluding carboxylic acids is 1. The van der Waals surface area contributed by atoms with Gasteiger partial charge >= 0.3 is 0 Å². The van der Waals surface area contributed by atoms with Crippen LogP contribution in [0.1, 0.15) is 18.4 Å². The number of nitrogens with one attached hydrogen (secondary N) is 1. The van der Waals surface area contributed by atoms with Gasteiger partial charge in [0, 0.05) is 24.2 Å². The fourth-order valence-electron chi connectivity index (χ4n) is 2.27. The van der Waals surface area contributed by atoms with E-state index in [0.717, 1.165) is 17.3 Å². The average molecular weight is 382 g/mol. The molecule has 118 valence electrons. The highest BCUT2D eigenvalue weighted by Gasteiger charge is 2.26. The van der Waals surface area contributed by atoms with Gasteiger partial charge in [-0.25, -0.2) is 4.39 Å². The van der Waals surface area contributed by atoms with Crippen molar-refractivity contribution >= 4 is 34.2 Å². The van der Waals surface area contributed by atoms with Gasteiger partial charge in [-0.05, 0) is 42.5 Å². The average Bonchev–Trinajstić information content (AvgIpc) is 2.48. The van der Waals surface area contributed by atoms with Crippen LogP contribution in [0, 0.1) is 11.7 Å². The molecule has 1 aliphatic rings. The molecule has 7 heteroatoms. The number of halogens is 3. The molecule has 1 aromatic rings. The Balaban J connectivity index is 0.00000220. The van der Waals surface area contributed by atoms with Gasteiger partial charge in [-0.3, -0.25) is 4.79 Å². The first-order valence-corrected chi connectivity index (χ1v) is 7.42. The summed E-state index contributed by atoms with van der Waals surface area (Å²) in [6.45, 7) is 1.57. The maximum Gasteiger partial charge on any atom is 0.237 e. The van der Waals surface area contributed by atoms with Crippen LogP contribution >= 0.6 is 28.3 Å². The second kappa shape index (κ2) is 8.68. The molecule has 21 heavy (non-hydrogen) atoms. The molecule has 1 saturated heterocycles. The summed E-state index contributed by atoms with van der Waals surface area (Å²) in [7, 11) is 0. The molecule has 0 aromatic heterocycles. The van der Waals surface area contributed by atoms with Crippen molar-refractivity contribution < 1.29 is 13.9 Å². The molecule has 0 radical (unpaired) electrons. The second-order valence-corrected chi connectivity index (χ2v) is 5.78. The molecule has 1 unspecified atom stereocenters. The minimum Gasteiger partial charge on any atom is -0.381 e. The Hall–Kier alpha value is -0.690. The Bertz CT molecular complexity index is 484. The molecule has 1 aromatic carbocycles. The zero-order chi connectivity index (χ0) is 14.5. The molecule has 0 spiro atoms. The van der Waals surface area contributed by atoms with Crippen LogP contribution < -0.4 is 11.1 Å². The lowest BCUT2D eigenvalue weighted by atomic mass is 9.92. The maximum absolute atomic E-state index is 13.1. The minimum absolute atomic E-state index is 0. The third-order valence-corrected chi connectivity index (χ3v) is 4.31. The lowest BCUT2D eigenvalue weighted by Crippen LogP contribution is -2.46. The SMILES string of the molecule is Cl.NC(C(=O)NCc1cc(F)ccc1Br)C1CCOCC1. The quantitative estimate of drug-likeness (QED) is 0.841. The highest BCUT2D eigenvalue weighted by atomic mass is 79.9. The van der Waals surface area contributed by atoms with Crippen molar-refractivity contribution in [1.29, 1.82) is 0 Å². The number of carbonyl (C=O) groups is 1. The summed E-state index contributed by atoms with van der Waals surface area (Å²) < 4.78 is 19.2. The summed E-state index contributed by atoms with van der Waals surface area (Å²) >= 11 is 3.33. The van der Waals surface area contributed by atoms with Crippen molar-refractivity contribution in [3.8, 4) is 0 Å². The Morgan fingerprint density at radius 3 is 2.81 bits per heavy atom. The van der Waals surface area contributed by atoms with Crippen LogP contribution in [0.2, 0.25) is 0 Å². The fourth-order valence-corrected chi connectivity index (χ4v) is 2.65. The van der Waals surface area contributed by atoms with Crippen molar-refractivity contribution in [2.75, 3.05) is 13.2 Å². The number of ether oxygens (including phenoxy) is 1. The van der Waals surface area contributed by atoms with Crippen LogP contribution in [0.15, 0.2) is 22.7 Å². The predicted molar refractivity (Wildman–Crippen MR) is 84.7 cm³/mol. The molecule has 1 fully saturated rings. The molecule has 0 bridgehead atoms. The highest BCUT2D eigenvalue weighted by molar-refractivity contribution is 9.10. The zero-order valence-electron chi connectivity index (χ0n) is 11.5. The van der Waals surface area contributed by atoms with Gasteiger partial charge in [0.05, 0.1) is 6.04 Å². The maximum atomic E-state index is 13.1. The number of amides is 1. The molecule has 1 heterocycles. The van der Waals surface area contributed by atoms with Gasteiger partial charge in [-0.15, -0.1) is 12.4 Å². The lowest BCUT2D eigenvalue weighted by molar-refractivity contribution is -0.124. The standard InChI is InChI=1S/C14H18BrFN2O2.ClH/c15-12-2-1-11(16)7-10(12)8-18-14(19)13(17)9-3-5-20-6-4-9;/h1-2,7,9,13H,3-6,8,17H2,(H,18,19);1H. The third-order valence-electron chi connectivity index (χ3n) is 3.54. The number of hydrogen-bond acceptors (Lipinski definition) is 3. The van der Waals surface area contributed by atoms with E-state index in [4.69, 9.17) is 10.5 Å². The summed E-state index contributed by atoms with van der Waals surface area (Å²) in [4.78, 5) is 12.0. The van der Waals surface area contributed by atoms with Crippen molar-refractivity contribution in [2.24, 2.45) is 11.7 Å². The van der Waals surface area contributed by atoms with E-state index in [1.807, 2.05) is 0 Å². The monoisotopic (exact) mass is 380 g/mol. The summed E-state index contributed by atoms with van der Waals surface area (Å²) in [5.41, 5.74) is 6.66. The smallest absolute Gasteiger partial charge is 0.237 e. The molecule has 1 amide bonds. The second-order valence-electron chi connectivity index (χ2n) is 4.93. The summed E-state index contributed by atoms with van der Waals surface area (Å²) in [6, 6.07) is 3.84. The molecule has 0 saturated carbocycles. The Labute approximate surface area is 138 Å². The molecule has 1 atom stereocenters. The van der Waals surface area contributed by atoms with Crippen molar-refractivity contribution in [3.05, 3.63) is 34.1 Å². The van der Waals surface area contributed by atoms with Gasteiger partial charge in [0.25, 0.3) is 0 Å². The summed E-state index contributed by atoms with van der Waals surface area (Å²) in [5, 5.41) is 2.76. The molecule has 3 N–H and O–H groups in total. The van der Waals surface area contributed by atoms with Gasteiger partial charge in [0.15, 0.2) is 0 Å². The topological polar surface area (TPSA) is 64.4 Å². The van der Waals surface area contributed by atoms with Crippen LogP contribution in [-0.2, 0) is 16.1 Å².